The summed E-state index contributed by atoms with van der Waals surface area (Å²) < 4.78 is 11.2. The Kier molecular flexibility index (Phi) is 37.1. The molecule has 1 fully saturated rings. The first kappa shape index (κ1) is 54.4. The van der Waals surface area contributed by atoms with Crippen LogP contribution in [0.4, 0.5) is 0 Å². The van der Waals surface area contributed by atoms with Gasteiger partial charge in [-0.3, -0.25) is 4.79 Å². The third-order valence-electron chi connectivity index (χ3n) is 11.5. The summed E-state index contributed by atoms with van der Waals surface area (Å²) in [6.07, 6.45) is 41.8. The zero-order valence-electron chi connectivity index (χ0n) is 37.3. The number of nitrogens with one attached hydrogen (secondary N) is 1. The van der Waals surface area contributed by atoms with E-state index in [0.29, 0.717) is 12.8 Å². The molecule has 0 aliphatic carbocycles. The maximum absolute atomic E-state index is 12.9. The first-order chi connectivity index (χ1) is 28.3. The smallest absolute Gasteiger partial charge is 0.220 e. The number of ether oxygens (including phenoxy) is 2. The molecule has 1 rings (SSSR count). The van der Waals surface area contributed by atoms with Crippen LogP contribution in [0.3, 0.4) is 0 Å². The quantitative estimate of drug-likeness (QED) is 0.0264. The van der Waals surface area contributed by atoms with Crippen molar-refractivity contribution in [3.8, 4) is 0 Å². The maximum Gasteiger partial charge on any atom is 0.220 e. The molecule has 1 heterocycles. The number of rotatable bonds is 40. The molecule has 1 aliphatic rings. The van der Waals surface area contributed by atoms with E-state index in [1.165, 1.54) is 135 Å². The van der Waals surface area contributed by atoms with Gasteiger partial charge in [0, 0.05) is 6.42 Å². The summed E-state index contributed by atoms with van der Waals surface area (Å²) in [7, 11) is 0. The molecule has 0 radical (unpaired) electrons. The second-order valence-corrected chi connectivity index (χ2v) is 16.9. The minimum absolute atomic E-state index is 0.139. The van der Waals surface area contributed by atoms with Gasteiger partial charge in [-0.25, -0.2) is 0 Å². The topological polar surface area (TPSA) is 149 Å². The molecule has 0 saturated carbocycles. The first-order valence-corrected chi connectivity index (χ1v) is 24.2. The molecule has 340 valence electrons. The Morgan fingerprint density at radius 3 is 1.50 bits per heavy atom. The van der Waals surface area contributed by atoms with Gasteiger partial charge in [0.05, 0.1) is 25.4 Å². The van der Waals surface area contributed by atoms with Crippen molar-refractivity contribution in [3.63, 3.8) is 0 Å². The van der Waals surface area contributed by atoms with Gasteiger partial charge in [0.2, 0.25) is 5.91 Å². The van der Waals surface area contributed by atoms with Crippen LogP contribution in [0.2, 0.25) is 0 Å². The van der Waals surface area contributed by atoms with Crippen molar-refractivity contribution in [1.82, 2.24) is 5.32 Å². The Hall–Kier alpha value is -1.59. The molecular formula is C49H91NO8. The fraction of sp³-hybridized carbons (Fsp3) is 0.857. The van der Waals surface area contributed by atoms with Gasteiger partial charge in [0.25, 0.3) is 0 Å². The molecule has 1 amide bonds. The van der Waals surface area contributed by atoms with E-state index in [9.17, 15) is 30.3 Å². The highest BCUT2D eigenvalue weighted by Gasteiger charge is 2.44. The van der Waals surface area contributed by atoms with Gasteiger partial charge in [-0.2, -0.15) is 0 Å². The van der Waals surface area contributed by atoms with Crippen LogP contribution in [0.5, 0.6) is 0 Å². The van der Waals surface area contributed by atoms with Crippen LogP contribution >= 0.6 is 0 Å². The first-order valence-electron chi connectivity index (χ1n) is 24.2. The molecule has 58 heavy (non-hydrogen) atoms. The van der Waals surface area contributed by atoms with Crippen LogP contribution in [0.15, 0.2) is 36.5 Å². The molecule has 1 saturated heterocycles. The van der Waals surface area contributed by atoms with E-state index in [1.807, 2.05) is 0 Å². The van der Waals surface area contributed by atoms with E-state index in [0.717, 1.165) is 51.4 Å². The van der Waals surface area contributed by atoms with Gasteiger partial charge in [0.1, 0.15) is 24.4 Å². The molecule has 6 N–H and O–H groups in total. The number of hydrogen-bond donors (Lipinski definition) is 6. The fourth-order valence-corrected chi connectivity index (χ4v) is 7.58. The van der Waals surface area contributed by atoms with Crippen molar-refractivity contribution in [2.75, 3.05) is 13.2 Å². The molecule has 1 aliphatic heterocycles. The standard InChI is InChI=1S/C49H91NO8/c1-3-5-7-9-11-13-14-15-16-17-18-19-20-21-22-23-24-25-26-27-28-29-30-31-33-35-37-39-45(53)50-42(43(52)38-36-34-32-12-10-8-6-4-2)41-57-49-48(56)47(55)46(54)44(40-51)58-49/h14-15,17-18,20-21,42-44,46-49,51-52,54-56H,3-13,16,19,22-41H2,1-2H3,(H,50,53)/b15-14-,18-17-,21-20-. The van der Waals surface area contributed by atoms with E-state index in [2.05, 4.69) is 55.6 Å². The molecule has 9 nitrogen and oxygen atoms in total. The van der Waals surface area contributed by atoms with Gasteiger partial charge in [-0.1, -0.05) is 192 Å². The highest BCUT2D eigenvalue weighted by molar-refractivity contribution is 5.76. The molecule has 0 spiro atoms. The average Bonchev–Trinajstić information content (AvgIpc) is 3.22. The molecule has 0 aromatic carbocycles. The maximum atomic E-state index is 12.9. The highest BCUT2D eigenvalue weighted by Crippen LogP contribution is 2.23. The minimum atomic E-state index is -1.55. The Morgan fingerprint density at radius 2 is 1.02 bits per heavy atom. The number of allylic oxidation sites excluding steroid dienone is 6. The van der Waals surface area contributed by atoms with Gasteiger partial charge in [-0.15, -0.1) is 0 Å². The highest BCUT2D eigenvalue weighted by atomic mass is 16.7. The Morgan fingerprint density at radius 1 is 0.586 bits per heavy atom. The van der Waals surface area contributed by atoms with E-state index in [-0.39, 0.29) is 12.5 Å². The molecule has 0 bridgehead atoms. The number of amides is 1. The number of aliphatic hydroxyl groups is 5. The van der Waals surface area contributed by atoms with Crippen molar-refractivity contribution >= 4 is 5.91 Å². The zero-order chi connectivity index (χ0) is 42.3. The molecule has 0 aromatic rings. The SMILES string of the molecule is CCCCCCC/C=C\C/C=C\C/C=C\CCCCCCCCCCCCCCC(=O)NC(COC1OC(CO)C(O)C(O)C1O)C(O)CCCCCCCCCC. The molecule has 7 unspecified atom stereocenters. The molecule has 9 heteroatoms. The largest absolute Gasteiger partial charge is 0.394 e. The van der Waals surface area contributed by atoms with Crippen molar-refractivity contribution in [2.45, 2.75) is 256 Å². The van der Waals surface area contributed by atoms with Gasteiger partial charge in [0.15, 0.2) is 6.29 Å². The van der Waals surface area contributed by atoms with E-state index >= 15 is 0 Å². The second kappa shape index (κ2) is 39.5. The lowest BCUT2D eigenvalue weighted by Crippen LogP contribution is -2.60. The second-order valence-electron chi connectivity index (χ2n) is 16.9. The third-order valence-corrected chi connectivity index (χ3v) is 11.5. The van der Waals surface area contributed by atoms with Crippen LogP contribution in [0, 0.1) is 0 Å². The van der Waals surface area contributed by atoms with Crippen LogP contribution < -0.4 is 5.32 Å². The summed E-state index contributed by atoms with van der Waals surface area (Å²) in [6.45, 7) is 3.78. The number of unbranched alkanes of at least 4 members (excludes halogenated alkanes) is 24. The summed E-state index contributed by atoms with van der Waals surface area (Å²) in [5.41, 5.74) is 0. The van der Waals surface area contributed by atoms with Crippen molar-refractivity contribution < 1.29 is 39.8 Å². The Labute approximate surface area is 355 Å². The van der Waals surface area contributed by atoms with Crippen molar-refractivity contribution in [1.29, 1.82) is 0 Å². The third kappa shape index (κ3) is 29.6. The summed E-state index contributed by atoms with van der Waals surface area (Å²) in [4.78, 5) is 12.9. The van der Waals surface area contributed by atoms with Crippen LogP contribution in [0.1, 0.15) is 213 Å². The van der Waals surface area contributed by atoms with E-state index < -0.39 is 49.5 Å². The number of aliphatic hydroxyl groups excluding tert-OH is 5. The van der Waals surface area contributed by atoms with Crippen LogP contribution in [-0.4, -0.2) is 87.5 Å². The lowest BCUT2D eigenvalue weighted by atomic mass is 9.99. The van der Waals surface area contributed by atoms with Gasteiger partial charge >= 0.3 is 0 Å². The van der Waals surface area contributed by atoms with Crippen LogP contribution in [-0.2, 0) is 14.3 Å². The van der Waals surface area contributed by atoms with E-state index in [4.69, 9.17) is 9.47 Å². The fourth-order valence-electron chi connectivity index (χ4n) is 7.58. The Bertz CT molecular complexity index is 1000. The molecular weight excluding hydrogens is 731 g/mol. The summed E-state index contributed by atoms with van der Waals surface area (Å²) >= 11 is 0. The summed E-state index contributed by atoms with van der Waals surface area (Å²) in [6, 6.07) is -0.717. The number of carbonyl (C=O) groups excluding carboxylic acids is 1. The molecule has 7 atom stereocenters. The predicted octanol–water partition coefficient (Wildman–Crippen LogP) is 10.5. The minimum Gasteiger partial charge on any atom is -0.394 e. The summed E-state index contributed by atoms with van der Waals surface area (Å²) in [5.74, 6) is -0.150. The number of carbonyl (C=O) groups is 1. The monoisotopic (exact) mass is 822 g/mol. The summed E-state index contributed by atoms with van der Waals surface area (Å²) in [5, 5.41) is 54.1. The van der Waals surface area contributed by atoms with Crippen molar-refractivity contribution in [3.05, 3.63) is 36.5 Å². The number of hydrogen-bond acceptors (Lipinski definition) is 8. The zero-order valence-corrected chi connectivity index (χ0v) is 37.3. The lowest BCUT2D eigenvalue weighted by Gasteiger charge is -2.40. The molecule has 0 aromatic heterocycles. The van der Waals surface area contributed by atoms with Crippen molar-refractivity contribution in [2.24, 2.45) is 0 Å². The van der Waals surface area contributed by atoms with Gasteiger partial charge < -0.3 is 40.3 Å². The van der Waals surface area contributed by atoms with E-state index in [1.54, 1.807) is 0 Å². The normalized spacial score (nSPS) is 21.1. The average molecular weight is 822 g/mol. The van der Waals surface area contributed by atoms with Gasteiger partial charge in [-0.05, 0) is 51.4 Å². The Balaban J connectivity index is 2.16. The van der Waals surface area contributed by atoms with Crippen LogP contribution in [0.25, 0.3) is 0 Å². The lowest BCUT2D eigenvalue weighted by molar-refractivity contribution is -0.302. The predicted molar refractivity (Wildman–Crippen MR) is 240 cm³/mol.